The van der Waals surface area contributed by atoms with Gasteiger partial charge in [0.25, 0.3) is 0 Å². The van der Waals surface area contributed by atoms with E-state index in [0.717, 1.165) is 10.9 Å². The Labute approximate surface area is 85.9 Å². The summed E-state index contributed by atoms with van der Waals surface area (Å²) in [5.74, 6) is 6.09. The molecule has 0 bridgehead atoms. The molecule has 0 unspecified atom stereocenters. The molecule has 0 saturated carbocycles. The van der Waals surface area contributed by atoms with Crippen LogP contribution in [0.3, 0.4) is 0 Å². The molecule has 0 heterocycles. The Balaban J connectivity index is 2.97. The topological polar surface area (TPSA) is 0 Å². The zero-order chi connectivity index (χ0) is 8.81. The predicted octanol–water partition coefficient (Wildman–Crippen LogP) is 3.15. The summed E-state index contributed by atoms with van der Waals surface area (Å²) >= 11 is 5.00. The van der Waals surface area contributed by atoms with Crippen molar-refractivity contribution in [3.63, 3.8) is 0 Å². The van der Waals surface area contributed by atoms with Crippen LogP contribution in [0.4, 0.5) is 0 Å². The second kappa shape index (κ2) is 5.29. The van der Waals surface area contributed by atoms with Crippen molar-refractivity contribution < 1.29 is 0 Å². The largest absolute Gasteiger partial charge is 0.128 e. The number of rotatable bonds is 1. The number of hydrogen-bond acceptors (Lipinski definition) is 1. The molecule has 0 N–H and O–H groups in total. The Bertz CT molecular complexity index is 309. The van der Waals surface area contributed by atoms with Crippen LogP contribution in [0.2, 0.25) is 0 Å². The Morgan fingerprint density at radius 3 is 2.83 bits per heavy atom. The third-order valence-corrected chi connectivity index (χ3v) is 2.47. The van der Waals surface area contributed by atoms with Crippen LogP contribution in [0.5, 0.6) is 0 Å². The van der Waals surface area contributed by atoms with E-state index in [1.807, 2.05) is 18.2 Å². The van der Waals surface area contributed by atoms with Crippen molar-refractivity contribution in [1.82, 2.24) is 0 Å². The van der Waals surface area contributed by atoms with Gasteiger partial charge in [-0.3, -0.25) is 0 Å². The van der Waals surface area contributed by atoms with Gasteiger partial charge in [0.15, 0.2) is 0 Å². The molecule has 0 amide bonds. The van der Waals surface area contributed by atoms with E-state index in [0.29, 0.717) is 0 Å². The average molecular weight is 241 g/mol. The normalized spacial score (nSPS) is 8.83. The van der Waals surface area contributed by atoms with E-state index < -0.39 is 0 Å². The fourth-order valence-electron chi connectivity index (χ4n) is 0.877. The molecule has 0 aliphatic carbocycles. The minimum absolute atomic E-state index is 0.732. The molecule has 2 heteroatoms. The smallest absolute Gasteiger partial charge is 0.0649 e. The molecule has 12 heavy (non-hydrogen) atoms. The third kappa shape index (κ3) is 2.58. The zero-order valence-corrected chi connectivity index (χ0v) is 9.21. The molecule has 1 aromatic carbocycles. The third-order valence-electron chi connectivity index (χ3n) is 1.40. The number of halogens is 1. The van der Waals surface area contributed by atoms with Gasteiger partial charge < -0.3 is 0 Å². The van der Waals surface area contributed by atoms with E-state index in [-0.39, 0.29) is 0 Å². The molecule has 0 aliphatic rings. The molecule has 0 radical (unpaired) electrons. The number of benzene rings is 1. The summed E-state index contributed by atoms with van der Waals surface area (Å²) in [7, 11) is 0. The molecule has 62 valence electrons. The first-order chi connectivity index (χ1) is 5.88. The Kier molecular flexibility index (Phi) is 4.27. The summed E-state index contributed by atoms with van der Waals surface area (Å²) in [5, 5.41) is 0.732. The van der Waals surface area contributed by atoms with Crippen LogP contribution in [-0.4, -0.2) is 11.6 Å². The SMILES string of the molecule is CSc1ccccc1C#CCBr. The van der Waals surface area contributed by atoms with E-state index in [2.05, 4.69) is 40.1 Å². The minimum Gasteiger partial charge on any atom is -0.128 e. The summed E-state index contributed by atoms with van der Waals surface area (Å²) in [4.78, 5) is 1.24. The molecule has 0 aliphatic heterocycles. The molecular formula is C10H9BrS. The average Bonchev–Trinajstić information content (AvgIpc) is 2.15. The fraction of sp³-hybridized carbons (Fsp3) is 0.200. The number of alkyl halides is 1. The van der Waals surface area contributed by atoms with Crippen LogP contribution in [0.25, 0.3) is 0 Å². The lowest BCUT2D eigenvalue weighted by Crippen LogP contribution is -1.78. The van der Waals surface area contributed by atoms with Crippen molar-refractivity contribution in [2.75, 3.05) is 11.6 Å². The van der Waals surface area contributed by atoms with Crippen molar-refractivity contribution in [3.8, 4) is 11.8 Å². The van der Waals surface area contributed by atoms with Gasteiger partial charge in [-0.1, -0.05) is 39.9 Å². The molecule has 1 aromatic rings. The standard InChI is InChI=1S/C10H9BrS/c1-12-10-7-3-2-5-9(10)6-4-8-11/h2-3,5,7H,8H2,1H3. The Morgan fingerprint density at radius 1 is 1.42 bits per heavy atom. The van der Waals surface area contributed by atoms with Gasteiger partial charge in [0.1, 0.15) is 0 Å². The first-order valence-electron chi connectivity index (χ1n) is 3.56. The van der Waals surface area contributed by atoms with Crippen LogP contribution in [0.1, 0.15) is 5.56 Å². The van der Waals surface area contributed by atoms with Gasteiger partial charge in [-0.25, -0.2) is 0 Å². The van der Waals surface area contributed by atoms with Crippen LogP contribution < -0.4 is 0 Å². The van der Waals surface area contributed by atoms with Gasteiger partial charge in [-0.2, -0.15) is 0 Å². The predicted molar refractivity (Wildman–Crippen MR) is 58.9 cm³/mol. The molecule has 1 rings (SSSR count). The maximum Gasteiger partial charge on any atom is 0.0649 e. The lowest BCUT2D eigenvalue weighted by molar-refractivity contribution is 1.42. The van der Waals surface area contributed by atoms with Crippen LogP contribution in [-0.2, 0) is 0 Å². The van der Waals surface area contributed by atoms with E-state index in [9.17, 15) is 0 Å². The lowest BCUT2D eigenvalue weighted by Gasteiger charge is -1.97. The summed E-state index contributed by atoms with van der Waals surface area (Å²) in [6, 6.07) is 8.17. The van der Waals surface area contributed by atoms with Crippen molar-refractivity contribution in [2.24, 2.45) is 0 Å². The monoisotopic (exact) mass is 240 g/mol. The summed E-state index contributed by atoms with van der Waals surface area (Å²) in [6.45, 7) is 0. The summed E-state index contributed by atoms with van der Waals surface area (Å²) in [5.41, 5.74) is 1.12. The quantitative estimate of drug-likeness (QED) is 0.413. The maximum absolute atomic E-state index is 3.27. The molecule has 0 fully saturated rings. The first kappa shape index (κ1) is 9.70. The van der Waals surface area contributed by atoms with Crippen molar-refractivity contribution >= 4 is 27.7 Å². The van der Waals surface area contributed by atoms with Crippen molar-refractivity contribution in [1.29, 1.82) is 0 Å². The van der Waals surface area contributed by atoms with E-state index >= 15 is 0 Å². The summed E-state index contributed by atoms with van der Waals surface area (Å²) < 4.78 is 0. The summed E-state index contributed by atoms with van der Waals surface area (Å²) in [6.07, 6.45) is 2.06. The lowest BCUT2D eigenvalue weighted by atomic mass is 10.2. The minimum atomic E-state index is 0.732. The van der Waals surface area contributed by atoms with Gasteiger partial charge in [0, 0.05) is 10.5 Å². The highest BCUT2D eigenvalue weighted by molar-refractivity contribution is 9.09. The highest BCUT2D eigenvalue weighted by atomic mass is 79.9. The second-order valence-electron chi connectivity index (χ2n) is 2.14. The highest BCUT2D eigenvalue weighted by Gasteiger charge is 1.94. The number of thioether (sulfide) groups is 1. The fourth-order valence-corrected chi connectivity index (χ4v) is 1.57. The Hall–Kier alpha value is -0.390. The van der Waals surface area contributed by atoms with Gasteiger partial charge in [0.05, 0.1) is 5.33 Å². The maximum atomic E-state index is 3.27. The van der Waals surface area contributed by atoms with Gasteiger partial charge in [0.2, 0.25) is 0 Å². The molecule has 0 atom stereocenters. The van der Waals surface area contributed by atoms with Gasteiger partial charge in [-0.15, -0.1) is 11.8 Å². The van der Waals surface area contributed by atoms with Gasteiger partial charge >= 0.3 is 0 Å². The van der Waals surface area contributed by atoms with E-state index in [4.69, 9.17) is 0 Å². The van der Waals surface area contributed by atoms with Gasteiger partial charge in [-0.05, 0) is 18.4 Å². The second-order valence-corrected chi connectivity index (χ2v) is 3.54. The molecule has 0 nitrogen and oxygen atoms in total. The van der Waals surface area contributed by atoms with Crippen LogP contribution >= 0.6 is 27.7 Å². The van der Waals surface area contributed by atoms with E-state index in [1.165, 1.54) is 4.90 Å². The van der Waals surface area contributed by atoms with E-state index in [1.54, 1.807) is 11.8 Å². The van der Waals surface area contributed by atoms with Crippen LogP contribution in [0.15, 0.2) is 29.2 Å². The van der Waals surface area contributed by atoms with Crippen molar-refractivity contribution in [3.05, 3.63) is 29.8 Å². The molecular weight excluding hydrogens is 232 g/mol. The number of hydrogen-bond donors (Lipinski definition) is 0. The molecule has 0 spiro atoms. The Morgan fingerprint density at radius 2 is 2.17 bits per heavy atom. The molecule has 0 saturated heterocycles. The highest BCUT2D eigenvalue weighted by Crippen LogP contribution is 2.18. The zero-order valence-electron chi connectivity index (χ0n) is 6.80. The first-order valence-corrected chi connectivity index (χ1v) is 5.91. The molecule has 0 aromatic heterocycles. The van der Waals surface area contributed by atoms with Crippen LogP contribution in [0, 0.1) is 11.8 Å². The van der Waals surface area contributed by atoms with Crippen molar-refractivity contribution in [2.45, 2.75) is 4.90 Å².